The minimum atomic E-state index is -0.525. The molecule has 0 bridgehead atoms. The van der Waals surface area contributed by atoms with Gasteiger partial charge in [0.15, 0.2) is 0 Å². The van der Waals surface area contributed by atoms with Gasteiger partial charge >= 0.3 is 5.69 Å². The lowest BCUT2D eigenvalue weighted by atomic mass is 10.2. The average molecular weight is 272 g/mol. The molecule has 1 heterocycles. The molecule has 2 aromatic rings. The van der Waals surface area contributed by atoms with Crippen LogP contribution in [0.1, 0.15) is 5.56 Å². The maximum absolute atomic E-state index is 10.8. The van der Waals surface area contributed by atoms with Crippen molar-refractivity contribution < 1.29 is 9.66 Å². The molecule has 1 aromatic heterocycles. The number of ether oxygens (including phenoxy) is 1. The fourth-order valence-corrected chi connectivity index (χ4v) is 1.80. The molecule has 1 aromatic carbocycles. The van der Waals surface area contributed by atoms with Crippen LogP contribution in [0.3, 0.4) is 0 Å². The van der Waals surface area contributed by atoms with Crippen molar-refractivity contribution in [2.75, 3.05) is 0 Å². The molecule has 0 radical (unpaired) electrons. The number of nitrogens with zero attached hydrogens (tertiary/aromatic N) is 3. The third-order valence-electron chi connectivity index (χ3n) is 1.94. The summed E-state index contributed by atoms with van der Waals surface area (Å²) in [4.78, 5) is 10.3. The Morgan fingerprint density at radius 2 is 2.24 bits per heavy atom. The summed E-state index contributed by atoms with van der Waals surface area (Å²) in [6.45, 7) is 1.80. The zero-order valence-corrected chi connectivity index (χ0v) is 10.2. The van der Waals surface area contributed by atoms with Crippen LogP contribution in [-0.2, 0) is 0 Å². The van der Waals surface area contributed by atoms with Gasteiger partial charge in [-0.3, -0.25) is 10.1 Å². The van der Waals surface area contributed by atoms with E-state index in [0.29, 0.717) is 0 Å². The monoisotopic (exact) mass is 271 g/mol. The maximum Gasteiger partial charge on any atom is 0.311 e. The molecule has 17 heavy (non-hydrogen) atoms. The SMILES string of the molecule is Cc1ccc([N+](=O)[O-])c(Oc2nsnc2Cl)c1. The highest BCUT2D eigenvalue weighted by atomic mass is 35.5. The quantitative estimate of drug-likeness (QED) is 0.633. The maximum atomic E-state index is 10.8. The normalized spacial score (nSPS) is 10.2. The minimum absolute atomic E-state index is 0.0744. The van der Waals surface area contributed by atoms with E-state index >= 15 is 0 Å². The van der Waals surface area contributed by atoms with E-state index in [9.17, 15) is 10.1 Å². The van der Waals surface area contributed by atoms with E-state index in [0.717, 1.165) is 17.3 Å². The molecule has 6 nitrogen and oxygen atoms in total. The van der Waals surface area contributed by atoms with E-state index in [-0.39, 0.29) is 22.5 Å². The second-order valence-electron chi connectivity index (χ2n) is 3.19. The number of halogens is 1. The number of nitro groups is 1. The van der Waals surface area contributed by atoms with Crippen molar-refractivity contribution in [2.24, 2.45) is 0 Å². The zero-order chi connectivity index (χ0) is 12.4. The predicted molar refractivity (Wildman–Crippen MR) is 62.8 cm³/mol. The topological polar surface area (TPSA) is 78.2 Å². The van der Waals surface area contributed by atoms with E-state index in [1.807, 2.05) is 0 Å². The Kier molecular flexibility index (Phi) is 3.21. The predicted octanol–water partition coefficient (Wildman–Crippen LogP) is 3.20. The highest BCUT2D eigenvalue weighted by Crippen LogP contribution is 2.34. The van der Waals surface area contributed by atoms with Crippen LogP contribution in [0.4, 0.5) is 5.69 Å². The van der Waals surface area contributed by atoms with E-state index in [1.54, 1.807) is 19.1 Å². The Hall–Kier alpha value is -1.73. The highest BCUT2D eigenvalue weighted by Gasteiger charge is 2.18. The first-order chi connectivity index (χ1) is 8.08. The molecule has 88 valence electrons. The molecule has 0 amide bonds. The summed E-state index contributed by atoms with van der Waals surface area (Å²) in [6.07, 6.45) is 0. The smallest absolute Gasteiger partial charge is 0.311 e. The molecule has 0 aliphatic rings. The summed E-state index contributed by atoms with van der Waals surface area (Å²) in [6, 6.07) is 4.55. The molecule has 0 saturated carbocycles. The Labute approximate surface area is 105 Å². The number of nitro benzene ring substituents is 1. The summed E-state index contributed by atoms with van der Waals surface area (Å²) < 4.78 is 12.8. The van der Waals surface area contributed by atoms with Crippen LogP contribution < -0.4 is 4.74 Å². The van der Waals surface area contributed by atoms with Crippen molar-refractivity contribution >= 4 is 29.0 Å². The first kappa shape index (κ1) is 11.7. The molecule has 0 aliphatic carbocycles. The van der Waals surface area contributed by atoms with Gasteiger partial charge in [0, 0.05) is 6.07 Å². The first-order valence-corrected chi connectivity index (χ1v) is 5.59. The standard InChI is InChI=1S/C9H6ClN3O3S/c1-5-2-3-6(13(14)15)7(4-5)16-9-8(10)11-17-12-9/h2-4H,1H3. The van der Waals surface area contributed by atoms with Gasteiger partial charge in [-0.05, 0) is 18.6 Å². The van der Waals surface area contributed by atoms with Crippen molar-refractivity contribution in [1.29, 1.82) is 0 Å². The summed E-state index contributed by atoms with van der Waals surface area (Å²) in [7, 11) is 0. The molecule has 0 atom stereocenters. The third-order valence-corrected chi connectivity index (χ3v) is 2.80. The number of rotatable bonds is 3. The fourth-order valence-electron chi connectivity index (χ4n) is 1.19. The van der Waals surface area contributed by atoms with Gasteiger partial charge in [-0.15, -0.1) is 4.37 Å². The molecule has 8 heteroatoms. The lowest BCUT2D eigenvalue weighted by Crippen LogP contribution is -1.94. The van der Waals surface area contributed by atoms with Gasteiger partial charge in [0.05, 0.1) is 16.7 Å². The largest absolute Gasteiger partial charge is 0.428 e. The minimum Gasteiger partial charge on any atom is -0.428 e. The zero-order valence-electron chi connectivity index (χ0n) is 8.58. The molecular weight excluding hydrogens is 266 g/mol. The second-order valence-corrected chi connectivity index (χ2v) is 4.08. The molecular formula is C9H6ClN3O3S. The van der Waals surface area contributed by atoms with Gasteiger partial charge in [0.2, 0.25) is 10.9 Å². The summed E-state index contributed by atoms with van der Waals surface area (Å²) >= 11 is 6.58. The van der Waals surface area contributed by atoms with Gasteiger partial charge in [0.25, 0.3) is 5.88 Å². The molecule has 0 aliphatic heterocycles. The van der Waals surface area contributed by atoms with E-state index in [1.165, 1.54) is 6.07 Å². The van der Waals surface area contributed by atoms with Crippen LogP contribution >= 0.6 is 23.3 Å². The Bertz CT molecular complexity index is 572. The van der Waals surface area contributed by atoms with Gasteiger partial charge in [0.1, 0.15) is 0 Å². The average Bonchev–Trinajstić information content (AvgIpc) is 2.64. The molecule has 2 rings (SSSR count). The van der Waals surface area contributed by atoms with Crippen molar-refractivity contribution in [3.05, 3.63) is 39.0 Å². The van der Waals surface area contributed by atoms with Crippen molar-refractivity contribution in [3.8, 4) is 11.6 Å². The molecule has 0 spiro atoms. The molecule has 0 unspecified atom stereocenters. The van der Waals surface area contributed by atoms with E-state index in [2.05, 4.69) is 8.75 Å². The second kappa shape index (κ2) is 4.64. The van der Waals surface area contributed by atoms with Crippen LogP contribution in [0.2, 0.25) is 5.15 Å². The van der Waals surface area contributed by atoms with Crippen LogP contribution in [0.25, 0.3) is 0 Å². The number of benzene rings is 1. The number of hydrogen-bond donors (Lipinski definition) is 0. The fraction of sp³-hybridized carbons (Fsp3) is 0.111. The number of aryl methyl sites for hydroxylation is 1. The summed E-state index contributed by atoms with van der Waals surface area (Å²) in [5, 5.41) is 10.9. The van der Waals surface area contributed by atoms with Gasteiger partial charge in [-0.25, -0.2) is 0 Å². The number of aromatic nitrogens is 2. The van der Waals surface area contributed by atoms with E-state index < -0.39 is 4.92 Å². The summed E-state index contributed by atoms with van der Waals surface area (Å²) in [5.74, 6) is 0.176. The third kappa shape index (κ3) is 2.51. The lowest BCUT2D eigenvalue weighted by molar-refractivity contribution is -0.385. The molecule has 0 N–H and O–H groups in total. The molecule has 0 saturated heterocycles. The van der Waals surface area contributed by atoms with Crippen LogP contribution in [0, 0.1) is 17.0 Å². The van der Waals surface area contributed by atoms with Crippen LogP contribution in [0.15, 0.2) is 18.2 Å². The van der Waals surface area contributed by atoms with Crippen LogP contribution in [-0.4, -0.2) is 13.7 Å². The van der Waals surface area contributed by atoms with Crippen molar-refractivity contribution in [3.63, 3.8) is 0 Å². The molecule has 0 fully saturated rings. The highest BCUT2D eigenvalue weighted by molar-refractivity contribution is 6.99. The van der Waals surface area contributed by atoms with Gasteiger partial charge in [-0.2, -0.15) is 4.37 Å². The van der Waals surface area contributed by atoms with Gasteiger partial charge < -0.3 is 4.74 Å². The van der Waals surface area contributed by atoms with Crippen molar-refractivity contribution in [1.82, 2.24) is 8.75 Å². The first-order valence-electron chi connectivity index (χ1n) is 4.49. The Morgan fingerprint density at radius 3 is 2.82 bits per heavy atom. The van der Waals surface area contributed by atoms with Crippen molar-refractivity contribution in [2.45, 2.75) is 6.92 Å². The van der Waals surface area contributed by atoms with Crippen LogP contribution in [0.5, 0.6) is 11.6 Å². The lowest BCUT2D eigenvalue weighted by Gasteiger charge is -2.04. The Balaban J connectivity index is 2.41. The number of hydrogen-bond acceptors (Lipinski definition) is 6. The van der Waals surface area contributed by atoms with Gasteiger partial charge in [-0.1, -0.05) is 17.7 Å². The van der Waals surface area contributed by atoms with E-state index in [4.69, 9.17) is 16.3 Å². The summed E-state index contributed by atoms with van der Waals surface area (Å²) in [5.41, 5.74) is 0.699. The Morgan fingerprint density at radius 1 is 1.47 bits per heavy atom.